The Bertz CT molecular complexity index is 1370. The van der Waals surface area contributed by atoms with Crippen molar-refractivity contribution in [3.63, 3.8) is 0 Å². The number of nitrogens with zero attached hydrogens (tertiary/aromatic N) is 5. The molecule has 0 saturated carbocycles. The minimum atomic E-state index is -1.68. The minimum Gasteiger partial charge on any atom is -0.497 e. The van der Waals surface area contributed by atoms with Crippen LogP contribution in [0.4, 0.5) is 4.39 Å². The molecule has 2 atom stereocenters. The Morgan fingerprint density at radius 2 is 2.02 bits per heavy atom. The van der Waals surface area contributed by atoms with Crippen LogP contribution in [0, 0.1) is 29.6 Å². The van der Waals surface area contributed by atoms with Gasteiger partial charge in [0.2, 0.25) is 5.91 Å². The minimum absolute atomic E-state index is 0.00884. The summed E-state index contributed by atoms with van der Waals surface area (Å²) >= 11 is 0. The number of nitriles is 1. The van der Waals surface area contributed by atoms with E-state index >= 15 is 4.39 Å². The number of ether oxygens (including phenoxy) is 1. The number of fused-ring (bicyclic) bond motifs is 2. The predicted octanol–water partition coefficient (Wildman–Crippen LogP) is 3.28. The molecule has 1 saturated heterocycles. The fourth-order valence-corrected chi connectivity index (χ4v) is 5.62. The van der Waals surface area contributed by atoms with Crippen molar-refractivity contribution in [2.24, 2.45) is 16.1 Å². The van der Waals surface area contributed by atoms with E-state index in [1.807, 2.05) is 29.7 Å². The summed E-state index contributed by atoms with van der Waals surface area (Å²) in [6.07, 6.45) is 13.1. The Balaban J connectivity index is 0.00000226. The maximum Gasteiger partial charge on any atom is 0.247 e. The summed E-state index contributed by atoms with van der Waals surface area (Å²) in [5.41, 5.74) is 5.74. The van der Waals surface area contributed by atoms with Crippen LogP contribution in [0.3, 0.4) is 0 Å². The molecule has 0 spiro atoms. The Kier molecular flexibility index (Phi) is 9.75. The Morgan fingerprint density at radius 1 is 1.29 bits per heavy atom. The van der Waals surface area contributed by atoms with Crippen molar-refractivity contribution in [1.82, 2.24) is 14.7 Å². The first kappa shape index (κ1) is 31.1. The fourth-order valence-electron chi connectivity index (χ4n) is 5.62. The molecule has 2 aliphatic heterocycles. The number of carbonyl (C=O) groups is 2. The molecule has 2 unspecified atom stereocenters. The van der Waals surface area contributed by atoms with Crippen LogP contribution in [-0.2, 0) is 4.79 Å². The third-order valence-electron chi connectivity index (χ3n) is 7.46. The van der Waals surface area contributed by atoms with Crippen LogP contribution >= 0.6 is 0 Å². The van der Waals surface area contributed by atoms with Crippen LogP contribution < -0.4 is 10.5 Å². The summed E-state index contributed by atoms with van der Waals surface area (Å²) in [5.74, 6) is 0.481. The summed E-state index contributed by atoms with van der Waals surface area (Å²) in [6, 6.07) is 9.01. The van der Waals surface area contributed by atoms with Crippen molar-refractivity contribution in [2.45, 2.75) is 32.9 Å². The number of alkyl halides is 1. The number of Topliss-reactive ketones (excluding diaryl/α,β-unsaturated/α-hetero) is 1. The standard InChI is InChI=1S/C29H35FN6O3.C2H2/c1-5-36-26-23(9-12-31)29(3,30)11-10-28(26,2)18-34-17-25(38)35(19-33-15-21(14-32)27(34)36)16-24(37)20-7-6-8-22(13-20)39-4;1-2/h6-8,10-11,13,19H,5,9,12,15-18,31H2,1-4H3;1-2H/b27-21+,33-19?;. The van der Waals surface area contributed by atoms with Crippen LogP contribution in [0.2, 0.25) is 0 Å². The van der Waals surface area contributed by atoms with Crippen molar-refractivity contribution in [1.29, 1.82) is 5.26 Å². The van der Waals surface area contributed by atoms with Crippen LogP contribution in [0.5, 0.6) is 5.75 Å². The molecule has 1 aromatic rings. The monoisotopic (exact) mass is 560 g/mol. The Labute approximate surface area is 241 Å². The zero-order chi connectivity index (χ0) is 30.4. The van der Waals surface area contributed by atoms with E-state index in [1.54, 1.807) is 30.3 Å². The number of allylic oxidation sites excluding steroid dienone is 1. The van der Waals surface area contributed by atoms with Crippen molar-refractivity contribution >= 4 is 18.0 Å². The van der Waals surface area contributed by atoms with Gasteiger partial charge in [-0.1, -0.05) is 18.2 Å². The van der Waals surface area contributed by atoms with Crippen LogP contribution in [0.15, 0.2) is 64.1 Å². The first-order valence-electron chi connectivity index (χ1n) is 13.4. The molecule has 0 radical (unpaired) electrons. The molecule has 1 aliphatic carbocycles. The zero-order valence-corrected chi connectivity index (χ0v) is 24.1. The zero-order valence-electron chi connectivity index (χ0n) is 24.1. The fraction of sp³-hybridized carbons (Fsp3) is 0.419. The van der Waals surface area contributed by atoms with Gasteiger partial charge in [-0.2, -0.15) is 5.26 Å². The maximum atomic E-state index is 15.8. The second-order valence-electron chi connectivity index (χ2n) is 10.3. The molecular weight excluding hydrogens is 523 g/mol. The van der Waals surface area contributed by atoms with Gasteiger partial charge in [0.1, 0.15) is 23.3 Å². The van der Waals surface area contributed by atoms with Crippen molar-refractivity contribution < 1.29 is 18.7 Å². The molecule has 1 aromatic carbocycles. The van der Waals surface area contributed by atoms with Crippen LogP contribution in [0.1, 0.15) is 37.6 Å². The van der Waals surface area contributed by atoms with Gasteiger partial charge in [0, 0.05) is 29.8 Å². The quantitative estimate of drug-likeness (QED) is 0.309. The van der Waals surface area contributed by atoms with E-state index in [0.29, 0.717) is 47.8 Å². The van der Waals surface area contributed by atoms with Crippen LogP contribution in [-0.4, -0.2) is 84.8 Å². The van der Waals surface area contributed by atoms with Gasteiger partial charge in [-0.25, -0.2) is 4.39 Å². The first-order valence-corrected chi connectivity index (χ1v) is 13.4. The summed E-state index contributed by atoms with van der Waals surface area (Å²) < 4.78 is 21.0. The summed E-state index contributed by atoms with van der Waals surface area (Å²) in [7, 11) is 1.52. The molecule has 41 heavy (non-hydrogen) atoms. The summed E-state index contributed by atoms with van der Waals surface area (Å²) in [6.45, 7) is 6.28. The van der Waals surface area contributed by atoms with E-state index < -0.39 is 11.1 Å². The largest absolute Gasteiger partial charge is 0.497 e. The van der Waals surface area contributed by atoms with Crippen molar-refractivity contribution in [2.75, 3.05) is 46.4 Å². The number of methoxy groups -OCH3 is 1. The molecule has 3 aliphatic rings. The number of ketones is 1. The van der Waals surface area contributed by atoms with E-state index in [2.05, 4.69) is 23.9 Å². The number of terminal acetylenes is 1. The number of rotatable bonds is 7. The van der Waals surface area contributed by atoms with Crippen LogP contribution in [0.25, 0.3) is 0 Å². The third kappa shape index (κ3) is 6.18. The van der Waals surface area contributed by atoms with Gasteiger partial charge in [-0.05, 0) is 57.5 Å². The molecule has 1 fully saturated rings. The molecule has 2 N–H and O–H groups in total. The summed E-state index contributed by atoms with van der Waals surface area (Å²) in [5, 5.41) is 10.1. The summed E-state index contributed by atoms with van der Waals surface area (Å²) in [4.78, 5) is 36.1. The topological polar surface area (TPSA) is 115 Å². The molecule has 0 bridgehead atoms. The van der Waals surface area contributed by atoms with Crippen molar-refractivity contribution in [3.8, 4) is 24.7 Å². The first-order chi connectivity index (χ1) is 19.6. The highest BCUT2D eigenvalue weighted by Gasteiger charge is 2.48. The number of hydrogen-bond acceptors (Lipinski definition) is 8. The van der Waals surface area contributed by atoms with E-state index in [1.165, 1.54) is 25.3 Å². The number of benzene rings is 1. The lowest BCUT2D eigenvalue weighted by atomic mass is 9.71. The average molecular weight is 561 g/mol. The Morgan fingerprint density at radius 3 is 2.66 bits per heavy atom. The normalized spacial score (nSPS) is 25.6. The number of aliphatic imine (C=N–C) groups is 1. The van der Waals surface area contributed by atoms with Gasteiger partial charge in [-0.3, -0.25) is 19.5 Å². The highest BCUT2D eigenvalue weighted by molar-refractivity contribution is 6.02. The SMILES string of the molecule is C#C.CCN1C2=C(CCN)C(C)(F)C=CC2(C)CN2CC(=O)N(CC(=O)c3cccc(OC)c3)C=NC/C(C#N)=C\21. The second-order valence-corrected chi connectivity index (χ2v) is 10.3. The number of hydrogen-bond donors (Lipinski definition) is 1. The smallest absolute Gasteiger partial charge is 0.247 e. The molecule has 10 heteroatoms. The lowest BCUT2D eigenvalue weighted by Crippen LogP contribution is -2.55. The molecule has 0 aromatic heterocycles. The molecule has 216 valence electrons. The van der Waals surface area contributed by atoms with Gasteiger partial charge in [-0.15, -0.1) is 12.8 Å². The van der Waals surface area contributed by atoms with Gasteiger partial charge in [0.05, 0.1) is 38.7 Å². The number of amides is 1. The van der Waals surface area contributed by atoms with E-state index in [9.17, 15) is 14.9 Å². The van der Waals surface area contributed by atoms with E-state index in [0.717, 1.165) is 5.70 Å². The second kappa shape index (κ2) is 12.8. The molecule has 9 nitrogen and oxygen atoms in total. The van der Waals surface area contributed by atoms with Gasteiger partial charge < -0.3 is 20.3 Å². The molecule has 2 heterocycles. The Hall–Kier alpha value is -4.41. The van der Waals surface area contributed by atoms with Gasteiger partial charge in [0.15, 0.2) is 5.78 Å². The number of nitrogens with two attached hydrogens (primary N) is 1. The highest BCUT2D eigenvalue weighted by atomic mass is 19.1. The van der Waals surface area contributed by atoms with Crippen molar-refractivity contribution in [3.05, 3.63) is 64.6 Å². The maximum absolute atomic E-state index is 15.8. The van der Waals surface area contributed by atoms with Gasteiger partial charge in [0.25, 0.3) is 0 Å². The lowest BCUT2D eigenvalue weighted by Gasteiger charge is -2.53. The van der Waals surface area contributed by atoms with Gasteiger partial charge >= 0.3 is 0 Å². The van der Waals surface area contributed by atoms with E-state index in [4.69, 9.17) is 10.5 Å². The number of halogens is 1. The number of carbonyl (C=O) groups excluding carboxylic acids is 2. The lowest BCUT2D eigenvalue weighted by molar-refractivity contribution is -0.128. The third-order valence-corrected chi connectivity index (χ3v) is 7.46. The average Bonchev–Trinajstić information content (AvgIpc) is 3.02. The molecular formula is C31H37FN6O3. The highest BCUT2D eigenvalue weighted by Crippen LogP contribution is 2.49. The molecule has 4 rings (SSSR count). The molecule has 1 amide bonds. The predicted molar refractivity (Wildman–Crippen MR) is 156 cm³/mol. The van der Waals surface area contributed by atoms with E-state index in [-0.39, 0.29) is 37.9 Å².